The number of benzene rings is 1. The smallest absolute Gasteiger partial charge is 0.291 e. The first-order valence-electron chi connectivity index (χ1n) is 4.28. The van der Waals surface area contributed by atoms with Gasteiger partial charge in [0.2, 0.25) is 0 Å². The number of anilines is 1. The summed E-state index contributed by atoms with van der Waals surface area (Å²) in [5.74, 6) is -2.09. The molecule has 0 bridgehead atoms. The van der Waals surface area contributed by atoms with Crippen LogP contribution in [-0.4, -0.2) is 18.2 Å². The topological polar surface area (TPSA) is 61.2 Å². The molecular weight excluding hydrogens is 279 g/mol. The number of fused-ring (bicyclic) bond motifs is 1. The van der Waals surface area contributed by atoms with Crippen molar-refractivity contribution < 1.29 is 14.0 Å². The molecule has 16 heavy (non-hydrogen) atoms. The van der Waals surface area contributed by atoms with E-state index in [9.17, 15) is 14.0 Å². The Labute approximate surface area is 98.4 Å². The summed E-state index contributed by atoms with van der Waals surface area (Å²) in [4.78, 5) is 23.9. The third kappa shape index (κ3) is 1.41. The molecule has 0 saturated heterocycles. The van der Waals surface area contributed by atoms with E-state index in [2.05, 4.69) is 15.9 Å². The van der Waals surface area contributed by atoms with Crippen LogP contribution in [0.4, 0.5) is 10.1 Å². The third-order valence-corrected chi connectivity index (χ3v) is 2.85. The van der Waals surface area contributed by atoms with Crippen molar-refractivity contribution in [3.8, 4) is 6.07 Å². The predicted octanol–water partition coefficient (Wildman–Crippen LogP) is 1.64. The highest BCUT2D eigenvalue weighted by Gasteiger charge is 2.36. The fourth-order valence-electron chi connectivity index (χ4n) is 1.52. The lowest BCUT2D eigenvalue weighted by atomic mass is 10.1. The van der Waals surface area contributed by atoms with Gasteiger partial charge >= 0.3 is 0 Å². The van der Waals surface area contributed by atoms with Gasteiger partial charge in [-0.15, -0.1) is 0 Å². The van der Waals surface area contributed by atoms with E-state index >= 15 is 0 Å². The molecule has 0 N–H and O–H groups in total. The van der Waals surface area contributed by atoms with E-state index in [4.69, 9.17) is 5.26 Å². The zero-order valence-electron chi connectivity index (χ0n) is 7.83. The molecule has 0 unspecified atom stereocenters. The molecule has 0 spiro atoms. The molecule has 1 aliphatic rings. The molecule has 0 aliphatic carbocycles. The van der Waals surface area contributed by atoms with Gasteiger partial charge in [-0.25, -0.2) is 4.39 Å². The van der Waals surface area contributed by atoms with Gasteiger partial charge in [0.05, 0.1) is 21.8 Å². The Morgan fingerprint density at radius 2 is 2.12 bits per heavy atom. The molecule has 1 aromatic carbocycles. The lowest BCUT2D eigenvalue weighted by Gasteiger charge is -2.11. The van der Waals surface area contributed by atoms with E-state index in [0.717, 1.165) is 11.0 Å². The Hall–Kier alpha value is -1.74. The van der Waals surface area contributed by atoms with Crippen LogP contribution in [-0.2, 0) is 4.79 Å². The zero-order chi connectivity index (χ0) is 11.9. The first-order valence-corrected chi connectivity index (χ1v) is 5.07. The van der Waals surface area contributed by atoms with E-state index < -0.39 is 17.5 Å². The second-order valence-corrected chi connectivity index (χ2v) is 4.02. The van der Waals surface area contributed by atoms with Crippen LogP contribution in [0.25, 0.3) is 0 Å². The SMILES string of the molecule is N#CCN1C(=O)C(=O)c2cc(Br)c(F)cc21. The number of halogens is 2. The normalized spacial score (nSPS) is 13.9. The van der Waals surface area contributed by atoms with E-state index in [1.807, 2.05) is 0 Å². The summed E-state index contributed by atoms with van der Waals surface area (Å²) in [6.07, 6.45) is 0. The van der Waals surface area contributed by atoms with Crippen molar-refractivity contribution in [1.29, 1.82) is 5.26 Å². The quantitative estimate of drug-likeness (QED) is 0.581. The van der Waals surface area contributed by atoms with Crippen LogP contribution < -0.4 is 4.90 Å². The molecule has 6 heteroatoms. The molecule has 0 saturated carbocycles. The number of carbonyl (C=O) groups is 2. The van der Waals surface area contributed by atoms with Gasteiger partial charge in [-0.05, 0) is 28.1 Å². The number of amides is 1. The van der Waals surface area contributed by atoms with Crippen molar-refractivity contribution >= 4 is 33.3 Å². The number of Topliss-reactive ketones (excluding diaryl/α,β-unsaturated/α-hetero) is 1. The predicted molar refractivity (Wildman–Crippen MR) is 56.4 cm³/mol. The van der Waals surface area contributed by atoms with E-state index in [1.165, 1.54) is 6.07 Å². The number of hydrogen-bond donors (Lipinski definition) is 0. The van der Waals surface area contributed by atoms with Crippen LogP contribution in [0, 0.1) is 17.1 Å². The van der Waals surface area contributed by atoms with E-state index in [0.29, 0.717) is 0 Å². The maximum Gasteiger partial charge on any atom is 0.300 e. The van der Waals surface area contributed by atoms with Crippen LogP contribution in [0.3, 0.4) is 0 Å². The summed E-state index contributed by atoms with van der Waals surface area (Å²) in [6.45, 7) is -0.265. The molecule has 0 radical (unpaired) electrons. The number of rotatable bonds is 1. The van der Waals surface area contributed by atoms with Crippen molar-refractivity contribution in [2.45, 2.75) is 0 Å². The van der Waals surface area contributed by atoms with Gasteiger partial charge in [0.1, 0.15) is 12.4 Å². The molecular formula is C10H4BrFN2O2. The minimum atomic E-state index is -0.797. The second-order valence-electron chi connectivity index (χ2n) is 3.16. The summed E-state index contributed by atoms with van der Waals surface area (Å²) >= 11 is 2.93. The van der Waals surface area contributed by atoms with Crippen LogP contribution in [0.5, 0.6) is 0 Å². The molecule has 0 atom stereocenters. The number of nitriles is 1. The first kappa shape index (κ1) is 10.8. The monoisotopic (exact) mass is 282 g/mol. The van der Waals surface area contributed by atoms with Crippen molar-refractivity contribution in [3.05, 3.63) is 28.0 Å². The summed E-state index contributed by atoms with van der Waals surface area (Å²) in [6, 6.07) is 4.08. The van der Waals surface area contributed by atoms with Crippen molar-refractivity contribution in [2.75, 3.05) is 11.4 Å². The Morgan fingerprint density at radius 1 is 1.44 bits per heavy atom. The Balaban J connectivity index is 2.62. The summed E-state index contributed by atoms with van der Waals surface area (Å²) in [7, 11) is 0. The Morgan fingerprint density at radius 3 is 2.75 bits per heavy atom. The average molecular weight is 283 g/mol. The Kier molecular flexibility index (Phi) is 2.48. The Bertz CT molecular complexity index is 550. The van der Waals surface area contributed by atoms with Gasteiger partial charge in [-0.2, -0.15) is 5.26 Å². The van der Waals surface area contributed by atoms with Crippen LogP contribution in [0.2, 0.25) is 0 Å². The largest absolute Gasteiger partial charge is 0.300 e. The second kappa shape index (κ2) is 3.68. The van der Waals surface area contributed by atoms with Gasteiger partial charge in [-0.1, -0.05) is 0 Å². The van der Waals surface area contributed by atoms with Gasteiger partial charge in [0, 0.05) is 0 Å². The minimum absolute atomic E-state index is 0.117. The molecule has 4 nitrogen and oxygen atoms in total. The molecule has 1 heterocycles. The number of carbonyl (C=O) groups excluding carboxylic acids is 2. The summed E-state index contributed by atoms with van der Waals surface area (Å²) in [5.41, 5.74) is 0.269. The zero-order valence-corrected chi connectivity index (χ0v) is 9.41. The van der Waals surface area contributed by atoms with Crippen molar-refractivity contribution in [2.24, 2.45) is 0 Å². The average Bonchev–Trinajstić information content (AvgIpc) is 2.46. The molecule has 0 fully saturated rings. The third-order valence-electron chi connectivity index (χ3n) is 2.24. The fourth-order valence-corrected chi connectivity index (χ4v) is 1.86. The molecule has 1 amide bonds. The van der Waals surface area contributed by atoms with E-state index in [-0.39, 0.29) is 22.3 Å². The van der Waals surface area contributed by atoms with Crippen LogP contribution in [0.15, 0.2) is 16.6 Å². The maximum absolute atomic E-state index is 13.3. The van der Waals surface area contributed by atoms with E-state index in [1.54, 1.807) is 6.07 Å². The lowest BCUT2D eigenvalue weighted by molar-refractivity contribution is -0.114. The van der Waals surface area contributed by atoms with Gasteiger partial charge in [0.25, 0.3) is 11.7 Å². The number of nitrogens with zero attached hydrogens (tertiary/aromatic N) is 2. The lowest BCUT2D eigenvalue weighted by Crippen LogP contribution is -2.29. The highest BCUT2D eigenvalue weighted by molar-refractivity contribution is 9.10. The summed E-state index contributed by atoms with van der Waals surface area (Å²) < 4.78 is 13.4. The minimum Gasteiger partial charge on any atom is -0.291 e. The van der Waals surface area contributed by atoms with Crippen molar-refractivity contribution in [3.63, 3.8) is 0 Å². The molecule has 80 valence electrons. The van der Waals surface area contributed by atoms with Gasteiger partial charge in [0.15, 0.2) is 0 Å². The molecule has 2 rings (SSSR count). The molecule has 1 aliphatic heterocycles. The number of ketones is 1. The van der Waals surface area contributed by atoms with Crippen molar-refractivity contribution in [1.82, 2.24) is 0 Å². The van der Waals surface area contributed by atoms with Gasteiger partial charge in [-0.3, -0.25) is 14.5 Å². The van der Waals surface area contributed by atoms with Crippen LogP contribution in [0.1, 0.15) is 10.4 Å². The highest BCUT2D eigenvalue weighted by atomic mass is 79.9. The standard InChI is InChI=1S/C10H4BrFN2O2/c11-6-3-5-8(4-7(6)12)14(2-1-13)10(16)9(5)15/h3-4H,2H2. The fraction of sp³-hybridized carbons (Fsp3) is 0.100. The first-order chi connectivity index (χ1) is 7.56. The molecule has 0 aromatic heterocycles. The number of hydrogen-bond acceptors (Lipinski definition) is 3. The summed E-state index contributed by atoms with van der Waals surface area (Å²) in [5, 5.41) is 8.52. The van der Waals surface area contributed by atoms with Gasteiger partial charge < -0.3 is 0 Å². The molecule has 1 aromatic rings. The maximum atomic E-state index is 13.3. The highest BCUT2D eigenvalue weighted by Crippen LogP contribution is 2.32. The van der Waals surface area contributed by atoms with Crippen LogP contribution >= 0.6 is 15.9 Å².